The average Bonchev–Trinajstić information content (AvgIpc) is 2.61. The average molecular weight is 269 g/mol. The summed E-state index contributed by atoms with van der Waals surface area (Å²) < 4.78 is 5.53. The fourth-order valence-electron chi connectivity index (χ4n) is 3.55. The number of rotatable bonds is 4. The monoisotopic (exact) mass is 269 g/mol. The lowest BCUT2D eigenvalue weighted by Gasteiger charge is -2.42. The number of nitrogens with two attached hydrogens (primary N) is 1. The van der Waals surface area contributed by atoms with Crippen LogP contribution in [0.5, 0.6) is 0 Å². The zero-order valence-corrected chi connectivity index (χ0v) is 12.7. The summed E-state index contributed by atoms with van der Waals surface area (Å²) in [5.74, 6) is 0. The molecule has 2 fully saturated rings. The first-order valence-corrected chi connectivity index (χ1v) is 7.89. The number of hydrogen-bond acceptors (Lipinski definition) is 4. The van der Waals surface area contributed by atoms with Gasteiger partial charge in [-0.2, -0.15) is 0 Å². The first-order chi connectivity index (χ1) is 9.19. The third-order valence-corrected chi connectivity index (χ3v) is 5.02. The molecule has 2 heterocycles. The Kier molecular flexibility index (Phi) is 5.63. The summed E-state index contributed by atoms with van der Waals surface area (Å²) in [7, 11) is 2.25. The van der Waals surface area contributed by atoms with Crippen molar-refractivity contribution in [1.82, 2.24) is 9.80 Å². The number of ether oxygens (including phenoxy) is 1. The van der Waals surface area contributed by atoms with Crippen LogP contribution in [-0.4, -0.2) is 68.8 Å². The van der Waals surface area contributed by atoms with Gasteiger partial charge in [0, 0.05) is 32.3 Å². The van der Waals surface area contributed by atoms with Crippen molar-refractivity contribution in [1.29, 1.82) is 0 Å². The standard InChI is InChI=1S/C15H31N3O/c1-3-14-11-17(2)7-4-8-18(14)13-15(12-16)5-9-19-10-6-15/h14H,3-13,16H2,1-2H3. The van der Waals surface area contributed by atoms with E-state index in [9.17, 15) is 0 Å². The van der Waals surface area contributed by atoms with E-state index in [0.717, 1.165) is 32.6 Å². The van der Waals surface area contributed by atoms with Crippen LogP contribution < -0.4 is 5.73 Å². The van der Waals surface area contributed by atoms with Gasteiger partial charge >= 0.3 is 0 Å². The van der Waals surface area contributed by atoms with Crippen molar-refractivity contribution in [3.63, 3.8) is 0 Å². The largest absolute Gasteiger partial charge is 0.381 e. The molecule has 0 aromatic heterocycles. The van der Waals surface area contributed by atoms with E-state index in [4.69, 9.17) is 10.5 Å². The summed E-state index contributed by atoms with van der Waals surface area (Å²) in [6.07, 6.45) is 4.78. The quantitative estimate of drug-likeness (QED) is 0.831. The molecule has 2 rings (SSSR count). The predicted molar refractivity (Wildman–Crippen MR) is 79.3 cm³/mol. The fourth-order valence-corrected chi connectivity index (χ4v) is 3.55. The summed E-state index contributed by atoms with van der Waals surface area (Å²) in [4.78, 5) is 5.19. The Morgan fingerprint density at radius 1 is 1.26 bits per heavy atom. The van der Waals surface area contributed by atoms with Crippen molar-refractivity contribution in [2.45, 2.75) is 38.6 Å². The van der Waals surface area contributed by atoms with Gasteiger partial charge in [-0.3, -0.25) is 4.90 Å². The second-order valence-corrected chi connectivity index (χ2v) is 6.46. The summed E-state index contributed by atoms with van der Waals surface area (Å²) in [5.41, 5.74) is 6.42. The maximum Gasteiger partial charge on any atom is 0.0472 e. The molecule has 0 radical (unpaired) electrons. The van der Waals surface area contributed by atoms with E-state index < -0.39 is 0 Å². The van der Waals surface area contributed by atoms with Crippen molar-refractivity contribution in [2.75, 3.05) is 53.0 Å². The highest BCUT2D eigenvalue weighted by Crippen LogP contribution is 2.31. The van der Waals surface area contributed by atoms with Crippen LogP contribution in [-0.2, 0) is 4.74 Å². The van der Waals surface area contributed by atoms with Crippen LogP contribution in [0.3, 0.4) is 0 Å². The lowest BCUT2D eigenvalue weighted by atomic mass is 9.79. The SMILES string of the molecule is CCC1CN(C)CCCN1CC1(CN)CCOCC1. The van der Waals surface area contributed by atoms with Gasteiger partial charge in [0.1, 0.15) is 0 Å². The molecule has 0 aliphatic carbocycles. The Labute approximate surface area is 118 Å². The topological polar surface area (TPSA) is 41.7 Å². The molecule has 2 N–H and O–H groups in total. The maximum atomic E-state index is 6.12. The molecule has 2 aliphatic rings. The second-order valence-electron chi connectivity index (χ2n) is 6.46. The van der Waals surface area contributed by atoms with Crippen LogP contribution in [0, 0.1) is 5.41 Å². The van der Waals surface area contributed by atoms with E-state index in [1.165, 1.54) is 39.0 Å². The molecule has 0 saturated carbocycles. The van der Waals surface area contributed by atoms with Gasteiger partial charge in [-0.15, -0.1) is 0 Å². The molecule has 2 aliphatic heterocycles. The van der Waals surface area contributed by atoms with E-state index in [-0.39, 0.29) is 0 Å². The second kappa shape index (κ2) is 7.02. The van der Waals surface area contributed by atoms with Crippen LogP contribution in [0.2, 0.25) is 0 Å². The van der Waals surface area contributed by atoms with Gasteiger partial charge in [0.25, 0.3) is 0 Å². The summed E-state index contributed by atoms with van der Waals surface area (Å²) in [6.45, 7) is 9.72. The van der Waals surface area contributed by atoms with Crippen LogP contribution >= 0.6 is 0 Å². The van der Waals surface area contributed by atoms with Gasteiger partial charge in [0.2, 0.25) is 0 Å². The highest BCUT2D eigenvalue weighted by Gasteiger charge is 2.35. The Balaban J connectivity index is 2.01. The van der Waals surface area contributed by atoms with Crippen molar-refractivity contribution < 1.29 is 4.74 Å². The molecule has 4 heteroatoms. The van der Waals surface area contributed by atoms with Gasteiger partial charge in [0.05, 0.1) is 0 Å². The fraction of sp³-hybridized carbons (Fsp3) is 1.00. The summed E-state index contributed by atoms with van der Waals surface area (Å²) >= 11 is 0. The normalized spacial score (nSPS) is 30.2. The minimum atomic E-state index is 0.300. The molecule has 4 nitrogen and oxygen atoms in total. The van der Waals surface area contributed by atoms with Gasteiger partial charge in [-0.1, -0.05) is 6.92 Å². The minimum absolute atomic E-state index is 0.300. The van der Waals surface area contributed by atoms with Crippen LogP contribution in [0.1, 0.15) is 32.6 Å². The highest BCUT2D eigenvalue weighted by atomic mass is 16.5. The molecule has 1 atom stereocenters. The van der Waals surface area contributed by atoms with E-state index in [1.54, 1.807) is 0 Å². The van der Waals surface area contributed by atoms with Crippen LogP contribution in [0.15, 0.2) is 0 Å². The third-order valence-electron chi connectivity index (χ3n) is 5.02. The smallest absolute Gasteiger partial charge is 0.0472 e. The first-order valence-electron chi connectivity index (χ1n) is 7.89. The molecule has 0 aromatic rings. The van der Waals surface area contributed by atoms with E-state index in [0.29, 0.717) is 11.5 Å². The van der Waals surface area contributed by atoms with Gasteiger partial charge in [-0.05, 0) is 57.8 Å². The third kappa shape index (κ3) is 3.91. The van der Waals surface area contributed by atoms with Gasteiger partial charge < -0.3 is 15.4 Å². The summed E-state index contributed by atoms with van der Waals surface area (Å²) in [5, 5.41) is 0. The molecular weight excluding hydrogens is 238 g/mol. The van der Waals surface area contributed by atoms with Crippen LogP contribution in [0.25, 0.3) is 0 Å². The maximum absolute atomic E-state index is 6.12. The first kappa shape index (κ1) is 15.2. The summed E-state index contributed by atoms with van der Waals surface area (Å²) in [6, 6.07) is 0.693. The number of nitrogens with zero attached hydrogens (tertiary/aromatic N) is 2. The molecule has 0 bridgehead atoms. The Hall–Kier alpha value is -0.160. The van der Waals surface area contributed by atoms with Gasteiger partial charge in [-0.25, -0.2) is 0 Å². The van der Waals surface area contributed by atoms with E-state index in [2.05, 4.69) is 23.8 Å². The van der Waals surface area contributed by atoms with Crippen molar-refractivity contribution >= 4 is 0 Å². The molecule has 0 spiro atoms. The Morgan fingerprint density at radius 2 is 2.00 bits per heavy atom. The van der Waals surface area contributed by atoms with Crippen molar-refractivity contribution in [3.8, 4) is 0 Å². The van der Waals surface area contributed by atoms with Crippen LogP contribution in [0.4, 0.5) is 0 Å². The lowest BCUT2D eigenvalue weighted by molar-refractivity contribution is -0.00762. The highest BCUT2D eigenvalue weighted by molar-refractivity contribution is 4.89. The zero-order valence-electron chi connectivity index (χ0n) is 12.7. The van der Waals surface area contributed by atoms with E-state index >= 15 is 0 Å². The molecule has 112 valence electrons. The Bertz CT molecular complexity index is 266. The molecule has 1 unspecified atom stereocenters. The van der Waals surface area contributed by atoms with E-state index in [1.807, 2.05) is 0 Å². The molecule has 19 heavy (non-hydrogen) atoms. The molecule has 0 aromatic carbocycles. The van der Waals surface area contributed by atoms with Gasteiger partial charge in [0.15, 0.2) is 0 Å². The zero-order chi connectivity index (χ0) is 13.7. The molecule has 0 amide bonds. The number of hydrogen-bond donors (Lipinski definition) is 1. The Morgan fingerprint density at radius 3 is 2.63 bits per heavy atom. The molecular formula is C15H31N3O. The van der Waals surface area contributed by atoms with Crippen molar-refractivity contribution in [3.05, 3.63) is 0 Å². The number of likely N-dealkylation sites (N-methyl/N-ethyl adjacent to an activating group) is 1. The van der Waals surface area contributed by atoms with Crippen molar-refractivity contribution in [2.24, 2.45) is 11.1 Å². The minimum Gasteiger partial charge on any atom is -0.381 e. The predicted octanol–water partition coefficient (Wildman–Crippen LogP) is 1.16. The molecule has 2 saturated heterocycles. The lowest BCUT2D eigenvalue weighted by Crippen LogP contribution is -2.50.